The summed E-state index contributed by atoms with van der Waals surface area (Å²) in [5.74, 6) is -0.139. The molecule has 0 aliphatic carbocycles. The number of rotatable bonds is 7. The van der Waals surface area contributed by atoms with Gasteiger partial charge in [-0.2, -0.15) is 0 Å². The van der Waals surface area contributed by atoms with E-state index in [1.807, 2.05) is 0 Å². The third-order valence-corrected chi connectivity index (χ3v) is 2.79. The molecule has 100 valence electrons. The lowest BCUT2D eigenvalue weighted by Gasteiger charge is -2.18. The van der Waals surface area contributed by atoms with Crippen molar-refractivity contribution in [3.8, 4) is 0 Å². The second-order valence-electron chi connectivity index (χ2n) is 4.09. The first-order valence-electron chi connectivity index (χ1n) is 6.07. The molecule has 1 rings (SSSR count). The van der Waals surface area contributed by atoms with Crippen LogP contribution in [0.15, 0.2) is 18.3 Å². The minimum atomic E-state index is -0.139. The third-order valence-electron chi connectivity index (χ3n) is 2.56. The fourth-order valence-electron chi connectivity index (χ4n) is 1.68. The van der Waals surface area contributed by atoms with Crippen LogP contribution in [0, 0.1) is 0 Å². The smallest absolute Gasteiger partial charge is 0.246 e. The van der Waals surface area contributed by atoms with E-state index in [2.05, 4.69) is 17.2 Å². The van der Waals surface area contributed by atoms with Gasteiger partial charge in [0, 0.05) is 18.3 Å². The largest absolute Gasteiger partial charge is 0.375 e. The van der Waals surface area contributed by atoms with Crippen LogP contribution in [0.3, 0.4) is 0 Å². The molecule has 0 spiro atoms. The van der Waals surface area contributed by atoms with Crippen molar-refractivity contribution in [3.63, 3.8) is 0 Å². The zero-order valence-corrected chi connectivity index (χ0v) is 11.5. The van der Waals surface area contributed by atoms with Gasteiger partial charge in [0.05, 0.1) is 11.7 Å². The van der Waals surface area contributed by atoms with Gasteiger partial charge in [-0.1, -0.05) is 31.4 Å². The van der Waals surface area contributed by atoms with Crippen LogP contribution in [0.2, 0.25) is 5.02 Å². The van der Waals surface area contributed by atoms with Crippen LogP contribution in [0.1, 0.15) is 37.9 Å². The number of aromatic nitrogens is 1. The van der Waals surface area contributed by atoms with E-state index in [1.54, 1.807) is 18.3 Å². The summed E-state index contributed by atoms with van der Waals surface area (Å²) < 4.78 is 4.81. The Bertz CT molecular complexity index is 385. The van der Waals surface area contributed by atoms with Gasteiger partial charge in [0.25, 0.3) is 0 Å². The van der Waals surface area contributed by atoms with E-state index in [0.29, 0.717) is 5.02 Å². The Hall–Kier alpha value is -1.13. The Balaban J connectivity index is 2.74. The zero-order valence-electron chi connectivity index (χ0n) is 10.8. The number of carbonyl (C=O) groups excluding carboxylic acids is 1. The summed E-state index contributed by atoms with van der Waals surface area (Å²) in [6, 6.07) is 3.40. The first kappa shape index (κ1) is 14.9. The predicted molar refractivity (Wildman–Crippen MR) is 71.5 cm³/mol. The van der Waals surface area contributed by atoms with E-state index in [4.69, 9.17) is 16.3 Å². The van der Waals surface area contributed by atoms with Crippen molar-refractivity contribution in [1.29, 1.82) is 0 Å². The number of nitrogens with zero attached hydrogens (tertiary/aromatic N) is 1. The molecule has 0 aliphatic rings. The van der Waals surface area contributed by atoms with Gasteiger partial charge in [-0.05, 0) is 18.6 Å². The molecule has 0 aliphatic heterocycles. The van der Waals surface area contributed by atoms with Crippen molar-refractivity contribution in [2.75, 3.05) is 13.7 Å². The molecule has 0 radical (unpaired) electrons. The number of hydrogen-bond acceptors (Lipinski definition) is 3. The molecule has 18 heavy (non-hydrogen) atoms. The molecule has 1 N–H and O–H groups in total. The molecule has 0 saturated carbocycles. The van der Waals surface area contributed by atoms with Gasteiger partial charge in [-0.3, -0.25) is 9.78 Å². The first-order chi connectivity index (χ1) is 8.67. The molecule has 1 aromatic heterocycles. The molecule has 4 nitrogen and oxygen atoms in total. The first-order valence-corrected chi connectivity index (χ1v) is 6.45. The van der Waals surface area contributed by atoms with E-state index >= 15 is 0 Å². The Kier molecular flexibility index (Phi) is 6.68. The molecular weight excluding hydrogens is 252 g/mol. The van der Waals surface area contributed by atoms with Crippen LogP contribution >= 0.6 is 11.6 Å². The fraction of sp³-hybridized carbons (Fsp3) is 0.538. The lowest BCUT2D eigenvalue weighted by atomic mass is 10.1. The highest BCUT2D eigenvalue weighted by Crippen LogP contribution is 2.20. The summed E-state index contributed by atoms with van der Waals surface area (Å²) in [6.45, 7) is 2.17. The molecule has 1 aromatic rings. The van der Waals surface area contributed by atoms with Crippen LogP contribution < -0.4 is 5.32 Å². The van der Waals surface area contributed by atoms with Gasteiger partial charge >= 0.3 is 0 Å². The van der Waals surface area contributed by atoms with Crippen molar-refractivity contribution in [3.05, 3.63) is 29.0 Å². The van der Waals surface area contributed by atoms with Gasteiger partial charge < -0.3 is 10.1 Å². The van der Waals surface area contributed by atoms with E-state index in [0.717, 1.165) is 25.0 Å². The van der Waals surface area contributed by atoms with Crippen LogP contribution in [0.4, 0.5) is 0 Å². The highest BCUT2D eigenvalue weighted by Gasteiger charge is 2.15. The van der Waals surface area contributed by atoms with Crippen molar-refractivity contribution in [2.45, 2.75) is 32.2 Å². The molecule has 1 atom stereocenters. The summed E-state index contributed by atoms with van der Waals surface area (Å²) in [7, 11) is 1.50. The number of unbranched alkanes of at least 4 members (excludes halogenated alkanes) is 1. The van der Waals surface area contributed by atoms with Crippen molar-refractivity contribution in [2.24, 2.45) is 0 Å². The molecule has 0 bridgehead atoms. The van der Waals surface area contributed by atoms with Crippen molar-refractivity contribution in [1.82, 2.24) is 10.3 Å². The van der Waals surface area contributed by atoms with Gasteiger partial charge in [0.1, 0.15) is 6.61 Å². The number of pyridine rings is 1. The molecule has 0 unspecified atom stereocenters. The molecular formula is C13H19ClN2O2. The fourth-order valence-corrected chi connectivity index (χ4v) is 1.85. The normalized spacial score (nSPS) is 12.2. The average molecular weight is 271 g/mol. The van der Waals surface area contributed by atoms with Gasteiger partial charge in [-0.15, -0.1) is 0 Å². The van der Waals surface area contributed by atoms with Crippen LogP contribution in [0.25, 0.3) is 0 Å². The Morgan fingerprint density at radius 3 is 3.00 bits per heavy atom. The summed E-state index contributed by atoms with van der Waals surface area (Å²) in [6.07, 6.45) is 4.59. The Morgan fingerprint density at radius 2 is 2.39 bits per heavy atom. The molecule has 5 heteroatoms. The third kappa shape index (κ3) is 5.02. The topological polar surface area (TPSA) is 51.2 Å². The van der Waals surface area contributed by atoms with E-state index in [-0.39, 0.29) is 18.6 Å². The monoisotopic (exact) mass is 270 g/mol. The van der Waals surface area contributed by atoms with Gasteiger partial charge in [-0.25, -0.2) is 0 Å². The number of carbonyl (C=O) groups is 1. The van der Waals surface area contributed by atoms with Gasteiger partial charge in [0.15, 0.2) is 0 Å². The number of amides is 1. The highest BCUT2D eigenvalue weighted by atomic mass is 35.5. The lowest BCUT2D eigenvalue weighted by Crippen LogP contribution is -2.31. The van der Waals surface area contributed by atoms with E-state index < -0.39 is 0 Å². The summed E-state index contributed by atoms with van der Waals surface area (Å²) in [4.78, 5) is 15.8. The van der Waals surface area contributed by atoms with E-state index in [1.165, 1.54) is 7.11 Å². The summed E-state index contributed by atoms with van der Waals surface area (Å²) >= 11 is 5.94. The number of halogens is 1. The Labute approximate surface area is 113 Å². The molecule has 0 fully saturated rings. The number of hydrogen-bond donors (Lipinski definition) is 1. The maximum atomic E-state index is 11.6. The maximum absolute atomic E-state index is 11.6. The summed E-state index contributed by atoms with van der Waals surface area (Å²) in [5, 5.41) is 3.54. The second kappa shape index (κ2) is 8.06. The quantitative estimate of drug-likeness (QED) is 0.829. The van der Waals surface area contributed by atoms with Crippen LogP contribution in [0.5, 0.6) is 0 Å². The average Bonchev–Trinajstić information content (AvgIpc) is 2.34. The molecule has 0 saturated heterocycles. The maximum Gasteiger partial charge on any atom is 0.246 e. The second-order valence-corrected chi connectivity index (χ2v) is 4.53. The molecule has 1 amide bonds. The number of ether oxygens (including phenoxy) is 1. The summed E-state index contributed by atoms with van der Waals surface area (Å²) in [5.41, 5.74) is 0.792. The Morgan fingerprint density at radius 1 is 1.61 bits per heavy atom. The minimum absolute atomic E-state index is 0.0587. The molecule has 1 heterocycles. The predicted octanol–water partition coefficient (Wildman–Crippen LogP) is 2.73. The van der Waals surface area contributed by atoms with Crippen LogP contribution in [-0.2, 0) is 9.53 Å². The highest BCUT2D eigenvalue weighted by molar-refractivity contribution is 6.30. The van der Waals surface area contributed by atoms with E-state index in [9.17, 15) is 4.79 Å². The minimum Gasteiger partial charge on any atom is -0.375 e. The number of nitrogens with one attached hydrogen (secondary N) is 1. The number of methoxy groups -OCH3 is 1. The zero-order chi connectivity index (χ0) is 13.4. The van der Waals surface area contributed by atoms with Gasteiger partial charge in [0.2, 0.25) is 5.91 Å². The lowest BCUT2D eigenvalue weighted by molar-refractivity contribution is -0.125. The van der Waals surface area contributed by atoms with Crippen molar-refractivity contribution < 1.29 is 9.53 Å². The SMILES string of the molecule is CCCC[C@@H](NC(=O)COC)c1cc(Cl)ccn1. The van der Waals surface area contributed by atoms with Crippen LogP contribution in [-0.4, -0.2) is 24.6 Å². The standard InChI is InChI=1S/C13H19ClN2O2/c1-3-4-5-11(16-13(17)9-18-2)12-8-10(14)6-7-15-12/h6-8,11H,3-5,9H2,1-2H3,(H,16,17)/t11-/m1/s1. The van der Waals surface area contributed by atoms with Crippen molar-refractivity contribution >= 4 is 17.5 Å². The molecule has 0 aromatic carbocycles.